The van der Waals surface area contributed by atoms with Crippen LogP contribution in [0.4, 0.5) is 27.6 Å². The molecule has 0 heterocycles. The van der Waals surface area contributed by atoms with Crippen molar-refractivity contribution in [2.24, 2.45) is 5.92 Å². The van der Waals surface area contributed by atoms with Crippen molar-refractivity contribution in [3.05, 3.63) is 40.7 Å². The summed E-state index contributed by atoms with van der Waals surface area (Å²) in [6, 6.07) is 1.99. The van der Waals surface area contributed by atoms with E-state index >= 15 is 0 Å². The summed E-state index contributed by atoms with van der Waals surface area (Å²) < 4.78 is 71.8. The van der Waals surface area contributed by atoms with E-state index < -0.39 is 51.2 Å². The lowest BCUT2D eigenvalue weighted by molar-refractivity contribution is -0.0581. The zero-order valence-electron chi connectivity index (χ0n) is 12.6. The van der Waals surface area contributed by atoms with Gasteiger partial charge < -0.3 is 0 Å². The first-order valence-electron chi connectivity index (χ1n) is 7.40. The van der Waals surface area contributed by atoms with E-state index in [-0.39, 0.29) is 23.8 Å². The van der Waals surface area contributed by atoms with Gasteiger partial charge in [-0.2, -0.15) is 0 Å². The molecule has 2 aromatic rings. The average Bonchev–Trinajstić information content (AvgIpc) is 2.76. The Hall–Kier alpha value is -1.93. The molecular weight excluding hydrogens is 333 g/mol. The van der Waals surface area contributed by atoms with Gasteiger partial charge in [0.2, 0.25) is 0 Å². The highest BCUT2D eigenvalue weighted by atomic mass is 19.3. The zero-order chi connectivity index (χ0) is 17.8. The average molecular weight is 347 g/mol. The Balaban J connectivity index is 2.36. The van der Waals surface area contributed by atoms with Crippen LogP contribution in [0.15, 0.2) is 12.1 Å². The predicted octanol–water partition coefficient (Wildman–Crippen LogP) is 4.91. The maximum atomic E-state index is 14.5. The van der Waals surface area contributed by atoms with Crippen LogP contribution < -0.4 is 5.23 Å². The first-order chi connectivity index (χ1) is 11.2. The highest BCUT2D eigenvalue weighted by Crippen LogP contribution is 2.52. The number of anilines is 1. The van der Waals surface area contributed by atoms with Crippen LogP contribution in [-0.4, -0.2) is 10.4 Å². The summed E-state index contributed by atoms with van der Waals surface area (Å²) in [5.74, 6) is -9.72. The summed E-state index contributed by atoms with van der Waals surface area (Å²) >= 11 is 0. The molecule has 24 heavy (non-hydrogen) atoms. The van der Waals surface area contributed by atoms with Crippen molar-refractivity contribution >= 4 is 16.5 Å². The number of fused-ring (bicyclic) bond motifs is 3. The summed E-state index contributed by atoms with van der Waals surface area (Å²) in [6.45, 7) is 1.71. The Morgan fingerprint density at radius 1 is 1.12 bits per heavy atom. The molecule has 130 valence electrons. The minimum Gasteiger partial charge on any atom is -0.264 e. The monoisotopic (exact) mass is 347 g/mol. The van der Waals surface area contributed by atoms with Gasteiger partial charge in [-0.25, -0.2) is 22.0 Å². The fourth-order valence-corrected chi connectivity index (χ4v) is 3.44. The standard InChI is InChI=1S/C16H14F5NO2/c1-2-3-7-6-9-8-4-5-10(22(23)24)13(17)11(8)14(18)15(19)12(9)16(7,20)21/h4-5,7,23-24H,2-3,6H2,1H3. The number of nitrogens with zero attached hydrogens (tertiary/aromatic N) is 1. The molecule has 8 heteroatoms. The van der Waals surface area contributed by atoms with Crippen LogP contribution in [0, 0.1) is 23.4 Å². The number of hydrogen-bond acceptors (Lipinski definition) is 3. The number of rotatable bonds is 3. The molecule has 0 bridgehead atoms. The van der Waals surface area contributed by atoms with Gasteiger partial charge in [0, 0.05) is 5.92 Å². The molecule has 1 unspecified atom stereocenters. The van der Waals surface area contributed by atoms with Crippen molar-refractivity contribution < 1.29 is 32.4 Å². The SMILES string of the molecule is CCCC1Cc2c(c(F)c(F)c3c(F)c(N(O)O)ccc23)C1(F)F. The molecule has 3 rings (SSSR count). The summed E-state index contributed by atoms with van der Waals surface area (Å²) in [7, 11) is 0. The van der Waals surface area contributed by atoms with Gasteiger partial charge in [0.25, 0.3) is 5.92 Å². The number of benzene rings is 2. The molecule has 0 saturated heterocycles. The summed E-state index contributed by atoms with van der Waals surface area (Å²) in [4.78, 5) is 0. The van der Waals surface area contributed by atoms with Gasteiger partial charge in [0.15, 0.2) is 17.5 Å². The smallest absolute Gasteiger partial charge is 0.264 e. The lowest BCUT2D eigenvalue weighted by Crippen LogP contribution is -2.22. The molecule has 2 aromatic carbocycles. The quantitative estimate of drug-likeness (QED) is 0.613. The largest absolute Gasteiger partial charge is 0.279 e. The van der Waals surface area contributed by atoms with Gasteiger partial charge in [0.05, 0.1) is 10.9 Å². The molecule has 1 aliphatic rings. The summed E-state index contributed by atoms with van der Waals surface area (Å²) in [6.07, 6.45) is 0.356. The molecule has 2 N–H and O–H groups in total. The molecule has 0 saturated carbocycles. The van der Waals surface area contributed by atoms with Crippen LogP contribution in [0.2, 0.25) is 0 Å². The predicted molar refractivity (Wildman–Crippen MR) is 75.9 cm³/mol. The third-order valence-corrected chi connectivity index (χ3v) is 4.53. The van der Waals surface area contributed by atoms with Crippen LogP contribution in [0.3, 0.4) is 0 Å². The molecule has 0 radical (unpaired) electrons. The van der Waals surface area contributed by atoms with Crippen molar-refractivity contribution in [3.63, 3.8) is 0 Å². The topological polar surface area (TPSA) is 43.7 Å². The van der Waals surface area contributed by atoms with E-state index in [2.05, 4.69) is 0 Å². The zero-order valence-corrected chi connectivity index (χ0v) is 12.6. The van der Waals surface area contributed by atoms with Gasteiger partial charge in [-0.3, -0.25) is 10.4 Å². The van der Waals surface area contributed by atoms with Gasteiger partial charge in [-0.05, 0) is 29.9 Å². The Kier molecular flexibility index (Phi) is 3.92. The van der Waals surface area contributed by atoms with Crippen LogP contribution in [0.5, 0.6) is 0 Å². The van der Waals surface area contributed by atoms with E-state index in [1.807, 2.05) is 0 Å². The van der Waals surface area contributed by atoms with E-state index in [9.17, 15) is 22.0 Å². The lowest BCUT2D eigenvalue weighted by atomic mass is 9.97. The van der Waals surface area contributed by atoms with Crippen molar-refractivity contribution in [1.82, 2.24) is 0 Å². The molecule has 0 amide bonds. The van der Waals surface area contributed by atoms with Gasteiger partial charge in [-0.1, -0.05) is 19.4 Å². The second-order valence-corrected chi connectivity index (χ2v) is 5.90. The minimum atomic E-state index is -3.54. The molecule has 0 fully saturated rings. The van der Waals surface area contributed by atoms with E-state index in [0.717, 1.165) is 12.1 Å². The minimum absolute atomic E-state index is 0.117. The van der Waals surface area contributed by atoms with Crippen LogP contribution in [0.25, 0.3) is 10.8 Å². The molecule has 3 nitrogen and oxygen atoms in total. The normalized spacial score (nSPS) is 18.9. The second kappa shape index (κ2) is 5.56. The third-order valence-electron chi connectivity index (χ3n) is 4.53. The lowest BCUT2D eigenvalue weighted by Gasteiger charge is -2.20. The maximum Gasteiger partial charge on any atom is 0.279 e. The molecule has 0 aromatic heterocycles. The van der Waals surface area contributed by atoms with Gasteiger partial charge >= 0.3 is 0 Å². The molecular formula is C16H14F5NO2. The molecule has 1 aliphatic carbocycles. The fraction of sp³-hybridized carbons (Fsp3) is 0.375. The Labute approximate surface area is 133 Å². The third kappa shape index (κ3) is 2.16. The summed E-state index contributed by atoms with van der Waals surface area (Å²) in [5, 5.41) is 16.2. The molecule has 0 aliphatic heterocycles. The first kappa shape index (κ1) is 16.9. The highest BCUT2D eigenvalue weighted by Gasteiger charge is 2.51. The van der Waals surface area contributed by atoms with Crippen LogP contribution >= 0.6 is 0 Å². The van der Waals surface area contributed by atoms with Gasteiger partial charge in [-0.15, -0.1) is 5.23 Å². The van der Waals surface area contributed by atoms with Crippen molar-refractivity contribution in [2.45, 2.75) is 32.1 Å². The maximum absolute atomic E-state index is 14.5. The first-order valence-corrected chi connectivity index (χ1v) is 7.40. The number of halogens is 5. The fourth-order valence-electron chi connectivity index (χ4n) is 3.44. The van der Waals surface area contributed by atoms with Crippen molar-refractivity contribution in [2.75, 3.05) is 5.23 Å². The van der Waals surface area contributed by atoms with Crippen LogP contribution in [-0.2, 0) is 12.3 Å². The van der Waals surface area contributed by atoms with E-state index in [0.29, 0.717) is 6.42 Å². The van der Waals surface area contributed by atoms with Crippen LogP contribution in [0.1, 0.15) is 30.9 Å². The van der Waals surface area contributed by atoms with Gasteiger partial charge in [0.1, 0.15) is 5.69 Å². The Morgan fingerprint density at radius 3 is 2.38 bits per heavy atom. The Morgan fingerprint density at radius 2 is 1.79 bits per heavy atom. The van der Waals surface area contributed by atoms with E-state index in [4.69, 9.17) is 10.4 Å². The summed E-state index contributed by atoms with van der Waals surface area (Å²) in [5.41, 5.74) is -1.97. The van der Waals surface area contributed by atoms with Crippen molar-refractivity contribution in [3.8, 4) is 0 Å². The number of hydrogen-bond donors (Lipinski definition) is 2. The highest BCUT2D eigenvalue weighted by molar-refractivity contribution is 5.91. The number of alkyl halides is 2. The molecule has 1 atom stereocenters. The Bertz CT molecular complexity index is 822. The van der Waals surface area contributed by atoms with Crippen molar-refractivity contribution in [1.29, 1.82) is 0 Å². The molecule has 0 spiro atoms. The second-order valence-electron chi connectivity index (χ2n) is 5.90. The van der Waals surface area contributed by atoms with E-state index in [1.54, 1.807) is 6.92 Å². The van der Waals surface area contributed by atoms with E-state index in [1.165, 1.54) is 0 Å².